The van der Waals surface area contributed by atoms with Crippen LogP contribution in [0, 0.1) is 0 Å². The number of carbonyl (C=O) groups excluding carboxylic acids is 1. The summed E-state index contributed by atoms with van der Waals surface area (Å²) in [4.78, 5) is 20.0. The maximum Gasteiger partial charge on any atom is 0.270 e. The smallest absolute Gasteiger partial charge is 0.270 e. The molecule has 0 aliphatic rings. The van der Waals surface area contributed by atoms with Crippen LogP contribution in [0.25, 0.3) is 0 Å². The van der Waals surface area contributed by atoms with Crippen LogP contribution >= 0.6 is 0 Å². The Morgan fingerprint density at radius 2 is 1.91 bits per heavy atom. The summed E-state index contributed by atoms with van der Waals surface area (Å²) in [5, 5.41) is 5.87. The monoisotopic (exact) mass is 310 g/mol. The molecule has 0 atom stereocenters. The number of carbonyl (C=O) groups is 1. The molecule has 2 rings (SSSR count). The molecule has 2 N–H and O–H groups in total. The number of rotatable bonds is 5. The predicted octanol–water partition coefficient (Wildman–Crippen LogP) is 3.43. The number of anilines is 2. The molecular formula is C18H22N4O. The third kappa shape index (κ3) is 4.64. The number of aromatic nitrogens is 2. The quantitative estimate of drug-likeness (QED) is 0.830. The average molecular weight is 310 g/mol. The largest absolute Gasteiger partial charge is 0.347 e. The Labute approximate surface area is 136 Å². The van der Waals surface area contributed by atoms with Gasteiger partial charge in [-0.2, -0.15) is 0 Å². The van der Waals surface area contributed by atoms with Gasteiger partial charge in [-0.25, -0.2) is 9.97 Å². The summed E-state index contributed by atoms with van der Waals surface area (Å²) in [7, 11) is 0. The molecule has 0 aliphatic carbocycles. The summed E-state index contributed by atoms with van der Waals surface area (Å²) in [5.74, 6) is 0.325. The lowest BCUT2D eigenvalue weighted by molar-refractivity contribution is 0.0953. The minimum atomic E-state index is -0.251. The number of nitrogens with one attached hydrogen (secondary N) is 2. The van der Waals surface area contributed by atoms with Crippen molar-refractivity contribution >= 4 is 17.4 Å². The second kappa shape index (κ2) is 7.05. The van der Waals surface area contributed by atoms with Crippen molar-refractivity contribution in [3.63, 3.8) is 0 Å². The van der Waals surface area contributed by atoms with Gasteiger partial charge in [0.1, 0.15) is 17.8 Å². The molecule has 5 nitrogen and oxygen atoms in total. The summed E-state index contributed by atoms with van der Waals surface area (Å²) in [6.07, 6.45) is 2.99. The van der Waals surface area contributed by atoms with E-state index in [1.165, 1.54) is 11.9 Å². The van der Waals surface area contributed by atoms with E-state index >= 15 is 0 Å². The standard InChI is InChI=1S/C18H22N4O/c1-5-10-19-17(23)15-11-16(21-12-20-15)22-14-8-6-13(7-9-14)18(2,3)4/h5-9,11-12H,1,10H2,2-4H3,(H,19,23)(H,20,21,22). The van der Waals surface area contributed by atoms with Gasteiger partial charge < -0.3 is 10.6 Å². The van der Waals surface area contributed by atoms with Crippen LogP contribution in [0.3, 0.4) is 0 Å². The predicted molar refractivity (Wildman–Crippen MR) is 93.0 cm³/mol. The number of benzene rings is 1. The van der Waals surface area contributed by atoms with Crippen LogP contribution < -0.4 is 10.6 Å². The van der Waals surface area contributed by atoms with Crippen molar-refractivity contribution in [3.05, 3.63) is 60.6 Å². The van der Waals surface area contributed by atoms with Gasteiger partial charge in [-0.1, -0.05) is 39.0 Å². The highest BCUT2D eigenvalue weighted by molar-refractivity contribution is 5.93. The van der Waals surface area contributed by atoms with Crippen molar-refractivity contribution in [2.24, 2.45) is 0 Å². The van der Waals surface area contributed by atoms with E-state index in [0.29, 0.717) is 18.1 Å². The Balaban J connectivity index is 2.11. The molecular weight excluding hydrogens is 288 g/mol. The molecule has 2 aromatic rings. The van der Waals surface area contributed by atoms with Crippen LogP contribution in [-0.4, -0.2) is 22.4 Å². The van der Waals surface area contributed by atoms with Gasteiger partial charge in [0.05, 0.1) is 0 Å². The molecule has 5 heteroatoms. The van der Waals surface area contributed by atoms with Crippen LogP contribution in [0.4, 0.5) is 11.5 Å². The highest BCUT2D eigenvalue weighted by Crippen LogP contribution is 2.24. The van der Waals surface area contributed by atoms with E-state index in [-0.39, 0.29) is 11.3 Å². The van der Waals surface area contributed by atoms with E-state index in [4.69, 9.17) is 0 Å². The molecule has 0 bridgehead atoms. The summed E-state index contributed by atoms with van der Waals surface area (Å²) >= 11 is 0. The minimum Gasteiger partial charge on any atom is -0.347 e. The highest BCUT2D eigenvalue weighted by atomic mass is 16.1. The zero-order valence-corrected chi connectivity index (χ0v) is 13.8. The highest BCUT2D eigenvalue weighted by Gasteiger charge is 2.13. The number of amides is 1. The first-order valence-corrected chi connectivity index (χ1v) is 7.49. The normalized spacial score (nSPS) is 10.9. The summed E-state index contributed by atoms with van der Waals surface area (Å²) in [6.45, 7) is 10.5. The summed E-state index contributed by atoms with van der Waals surface area (Å²) < 4.78 is 0. The first kappa shape index (κ1) is 16.7. The van der Waals surface area contributed by atoms with E-state index in [1.807, 2.05) is 12.1 Å². The van der Waals surface area contributed by atoms with Crippen LogP contribution in [-0.2, 0) is 5.41 Å². The van der Waals surface area contributed by atoms with Crippen LogP contribution in [0.1, 0.15) is 36.8 Å². The molecule has 1 aromatic carbocycles. The Hall–Kier alpha value is -2.69. The van der Waals surface area contributed by atoms with Crippen molar-refractivity contribution in [1.29, 1.82) is 0 Å². The molecule has 0 radical (unpaired) electrons. The fourth-order valence-corrected chi connectivity index (χ4v) is 2.01. The fraction of sp³-hybridized carbons (Fsp3) is 0.278. The average Bonchev–Trinajstić information content (AvgIpc) is 2.52. The Kier molecular flexibility index (Phi) is 5.11. The summed E-state index contributed by atoms with van der Waals surface area (Å²) in [5.41, 5.74) is 2.60. The van der Waals surface area contributed by atoms with Crippen molar-refractivity contribution < 1.29 is 4.79 Å². The Morgan fingerprint density at radius 3 is 2.52 bits per heavy atom. The second-order valence-corrected chi connectivity index (χ2v) is 6.24. The van der Waals surface area contributed by atoms with Crippen molar-refractivity contribution in [1.82, 2.24) is 15.3 Å². The van der Waals surface area contributed by atoms with E-state index < -0.39 is 0 Å². The maximum atomic E-state index is 11.9. The Morgan fingerprint density at radius 1 is 1.22 bits per heavy atom. The van der Waals surface area contributed by atoms with Crippen molar-refractivity contribution in [2.45, 2.75) is 26.2 Å². The van der Waals surface area contributed by atoms with Gasteiger partial charge in [0.15, 0.2) is 0 Å². The lowest BCUT2D eigenvalue weighted by atomic mass is 9.87. The van der Waals surface area contributed by atoms with Gasteiger partial charge in [0.25, 0.3) is 5.91 Å². The molecule has 120 valence electrons. The molecule has 1 aromatic heterocycles. The van der Waals surface area contributed by atoms with Gasteiger partial charge >= 0.3 is 0 Å². The maximum absolute atomic E-state index is 11.9. The first-order valence-electron chi connectivity index (χ1n) is 7.49. The molecule has 0 fully saturated rings. The van der Waals surface area contributed by atoms with Gasteiger partial charge in [0, 0.05) is 18.3 Å². The van der Waals surface area contributed by atoms with E-state index in [9.17, 15) is 4.79 Å². The molecule has 0 spiro atoms. The van der Waals surface area contributed by atoms with Gasteiger partial charge in [-0.3, -0.25) is 4.79 Å². The van der Waals surface area contributed by atoms with Crippen LogP contribution in [0.2, 0.25) is 0 Å². The summed E-state index contributed by atoms with van der Waals surface area (Å²) in [6, 6.07) is 9.79. The van der Waals surface area contributed by atoms with Crippen LogP contribution in [0.15, 0.2) is 49.3 Å². The second-order valence-electron chi connectivity index (χ2n) is 6.24. The third-order valence-corrected chi connectivity index (χ3v) is 3.33. The minimum absolute atomic E-state index is 0.115. The fourth-order valence-electron chi connectivity index (χ4n) is 2.01. The zero-order valence-electron chi connectivity index (χ0n) is 13.8. The van der Waals surface area contributed by atoms with Gasteiger partial charge in [-0.15, -0.1) is 6.58 Å². The SMILES string of the molecule is C=CCNC(=O)c1cc(Nc2ccc(C(C)(C)C)cc2)ncn1. The number of hydrogen-bond acceptors (Lipinski definition) is 4. The Bertz CT molecular complexity index is 687. The molecule has 0 unspecified atom stereocenters. The van der Waals surface area contributed by atoms with E-state index in [2.05, 4.69) is 60.1 Å². The van der Waals surface area contributed by atoms with Gasteiger partial charge in [-0.05, 0) is 23.1 Å². The van der Waals surface area contributed by atoms with E-state index in [1.54, 1.807) is 12.1 Å². The molecule has 0 saturated carbocycles. The molecule has 1 heterocycles. The lowest BCUT2D eigenvalue weighted by Crippen LogP contribution is -2.24. The number of nitrogens with zero attached hydrogens (tertiary/aromatic N) is 2. The third-order valence-electron chi connectivity index (χ3n) is 3.33. The first-order chi connectivity index (χ1) is 10.9. The number of hydrogen-bond donors (Lipinski definition) is 2. The zero-order chi connectivity index (χ0) is 16.9. The lowest BCUT2D eigenvalue weighted by Gasteiger charge is -2.19. The van der Waals surface area contributed by atoms with Gasteiger partial charge in [0.2, 0.25) is 0 Å². The van der Waals surface area contributed by atoms with E-state index in [0.717, 1.165) is 5.69 Å². The molecule has 23 heavy (non-hydrogen) atoms. The molecule has 1 amide bonds. The topological polar surface area (TPSA) is 66.9 Å². The molecule has 0 aliphatic heterocycles. The van der Waals surface area contributed by atoms with Crippen molar-refractivity contribution in [2.75, 3.05) is 11.9 Å². The van der Waals surface area contributed by atoms with Crippen LogP contribution in [0.5, 0.6) is 0 Å². The molecule has 0 saturated heterocycles. The van der Waals surface area contributed by atoms with Crippen molar-refractivity contribution in [3.8, 4) is 0 Å².